The first-order valence-corrected chi connectivity index (χ1v) is 6.74. The van der Waals surface area contributed by atoms with Crippen LogP contribution in [0.25, 0.3) is 11.4 Å². The zero-order valence-electron chi connectivity index (χ0n) is 11.3. The number of nitrogens with zero attached hydrogens (tertiary/aromatic N) is 2. The van der Waals surface area contributed by atoms with Gasteiger partial charge in [0.1, 0.15) is 5.82 Å². The van der Waals surface area contributed by atoms with Crippen LogP contribution >= 0.6 is 0 Å². The summed E-state index contributed by atoms with van der Waals surface area (Å²) in [7, 11) is 0. The molecular formula is C14H17N5O. The minimum Gasteiger partial charge on any atom is -0.324 e. The first-order chi connectivity index (χ1) is 9.72. The highest BCUT2D eigenvalue weighted by atomic mass is 16.1. The van der Waals surface area contributed by atoms with E-state index in [1.807, 2.05) is 31.2 Å². The third-order valence-corrected chi connectivity index (χ3v) is 3.17. The van der Waals surface area contributed by atoms with E-state index in [2.05, 4.69) is 25.8 Å². The lowest BCUT2D eigenvalue weighted by Gasteiger charge is -2.09. The first-order valence-electron chi connectivity index (χ1n) is 6.74. The van der Waals surface area contributed by atoms with Crippen molar-refractivity contribution < 1.29 is 4.79 Å². The Morgan fingerprint density at radius 1 is 1.40 bits per heavy atom. The van der Waals surface area contributed by atoms with Gasteiger partial charge in [-0.25, -0.2) is 4.98 Å². The molecule has 1 saturated carbocycles. The van der Waals surface area contributed by atoms with Crippen LogP contribution < -0.4 is 10.6 Å². The van der Waals surface area contributed by atoms with E-state index in [0.717, 1.165) is 17.1 Å². The zero-order valence-corrected chi connectivity index (χ0v) is 11.3. The van der Waals surface area contributed by atoms with Gasteiger partial charge in [-0.3, -0.25) is 9.89 Å². The van der Waals surface area contributed by atoms with Crippen LogP contribution in [0.5, 0.6) is 0 Å². The average Bonchev–Trinajstić information content (AvgIpc) is 3.18. The lowest BCUT2D eigenvalue weighted by Crippen LogP contribution is -2.29. The van der Waals surface area contributed by atoms with E-state index in [9.17, 15) is 4.79 Å². The molecule has 3 N–H and O–H groups in total. The molecule has 0 saturated heterocycles. The average molecular weight is 271 g/mol. The summed E-state index contributed by atoms with van der Waals surface area (Å²) >= 11 is 0. The summed E-state index contributed by atoms with van der Waals surface area (Å²) in [6, 6.07) is 8.06. The number of rotatable bonds is 5. The summed E-state index contributed by atoms with van der Waals surface area (Å²) in [5, 5.41) is 13.0. The molecule has 6 nitrogen and oxygen atoms in total. The highest BCUT2D eigenvalue weighted by Crippen LogP contribution is 2.24. The lowest BCUT2D eigenvalue weighted by molar-refractivity contribution is -0.115. The monoisotopic (exact) mass is 271 g/mol. The van der Waals surface area contributed by atoms with Gasteiger partial charge in [-0.15, -0.1) is 0 Å². The molecule has 1 aliphatic rings. The molecule has 0 atom stereocenters. The second kappa shape index (κ2) is 5.42. The summed E-state index contributed by atoms with van der Waals surface area (Å²) in [5.74, 6) is 1.29. The summed E-state index contributed by atoms with van der Waals surface area (Å²) < 4.78 is 0. The number of carbonyl (C=O) groups excluding carboxylic acids is 1. The highest BCUT2D eigenvalue weighted by Gasteiger charge is 2.21. The quantitative estimate of drug-likeness (QED) is 0.769. The van der Waals surface area contributed by atoms with E-state index in [1.54, 1.807) is 0 Å². The fourth-order valence-corrected chi connectivity index (χ4v) is 1.97. The molecular weight excluding hydrogens is 254 g/mol. The van der Waals surface area contributed by atoms with Gasteiger partial charge in [-0.05, 0) is 31.9 Å². The Morgan fingerprint density at radius 2 is 2.20 bits per heavy atom. The Balaban J connectivity index is 1.73. The van der Waals surface area contributed by atoms with Crippen molar-refractivity contribution in [2.75, 3.05) is 11.9 Å². The summed E-state index contributed by atoms with van der Waals surface area (Å²) in [4.78, 5) is 16.2. The maximum Gasteiger partial charge on any atom is 0.238 e. The molecule has 20 heavy (non-hydrogen) atoms. The molecule has 2 aromatic rings. The fraction of sp³-hybridized carbons (Fsp3) is 0.357. The van der Waals surface area contributed by atoms with Crippen LogP contribution in [-0.2, 0) is 4.79 Å². The van der Waals surface area contributed by atoms with E-state index in [1.165, 1.54) is 12.8 Å². The Labute approximate surface area is 117 Å². The molecule has 0 unspecified atom stereocenters. The molecule has 3 rings (SSSR count). The predicted molar refractivity (Wildman–Crippen MR) is 76.2 cm³/mol. The number of nitrogens with one attached hydrogen (secondary N) is 3. The molecule has 1 fully saturated rings. The second-order valence-electron chi connectivity index (χ2n) is 4.99. The van der Waals surface area contributed by atoms with Crippen molar-refractivity contribution in [2.24, 2.45) is 0 Å². The van der Waals surface area contributed by atoms with Crippen molar-refractivity contribution in [1.82, 2.24) is 20.5 Å². The molecule has 0 spiro atoms. The van der Waals surface area contributed by atoms with Crippen LogP contribution in [0, 0.1) is 6.92 Å². The standard InChI is InChI=1S/C14H17N5O/c1-9-16-14(19-18-9)11-4-2-3-5-12(11)17-13(20)8-15-10-6-7-10/h2-5,10,15H,6-8H2,1H3,(H,17,20)(H,16,18,19). The number of aryl methyl sites for hydroxylation is 1. The molecule has 1 aromatic carbocycles. The van der Waals surface area contributed by atoms with Crippen LogP contribution in [0.1, 0.15) is 18.7 Å². The van der Waals surface area contributed by atoms with Crippen LogP contribution in [0.2, 0.25) is 0 Å². The van der Waals surface area contributed by atoms with Gasteiger partial charge in [0.2, 0.25) is 5.91 Å². The number of hydrogen-bond donors (Lipinski definition) is 3. The van der Waals surface area contributed by atoms with E-state index < -0.39 is 0 Å². The molecule has 6 heteroatoms. The number of H-pyrrole nitrogens is 1. The molecule has 0 bridgehead atoms. The van der Waals surface area contributed by atoms with Gasteiger partial charge in [0.25, 0.3) is 0 Å². The summed E-state index contributed by atoms with van der Waals surface area (Å²) in [5.41, 5.74) is 1.55. The fourth-order valence-electron chi connectivity index (χ4n) is 1.97. The van der Waals surface area contributed by atoms with Crippen molar-refractivity contribution in [2.45, 2.75) is 25.8 Å². The van der Waals surface area contributed by atoms with Crippen molar-refractivity contribution in [3.63, 3.8) is 0 Å². The van der Waals surface area contributed by atoms with Crippen molar-refractivity contribution in [1.29, 1.82) is 0 Å². The maximum atomic E-state index is 11.9. The highest BCUT2D eigenvalue weighted by molar-refractivity contribution is 5.95. The Bertz CT molecular complexity index is 618. The van der Waals surface area contributed by atoms with Crippen molar-refractivity contribution in [3.05, 3.63) is 30.1 Å². The van der Waals surface area contributed by atoms with Crippen LogP contribution in [0.3, 0.4) is 0 Å². The molecule has 1 amide bonds. The molecule has 1 aromatic heterocycles. The summed E-state index contributed by atoms with van der Waals surface area (Å²) in [6.07, 6.45) is 2.33. The van der Waals surface area contributed by atoms with Gasteiger partial charge in [-0.2, -0.15) is 5.10 Å². The molecule has 1 aliphatic carbocycles. The smallest absolute Gasteiger partial charge is 0.238 e. The van der Waals surface area contributed by atoms with E-state index in [-0.39, 0.29) is 5.91 Å². The minimum atomic E-state index is -0.0448. The molecule has 1 heterocycles. The number of amides is 1. The second-order valence-corrected chi connectivity index (χ2v) is 4.99. The number of anilines is 1. The van der Waals surface area contributed by atoms with E-state index >= 15 is 0 Å². The number of carbonyl (C=O) groups is 1. The Hall–Kier alpha value is -2.21. The third kappa shape index (κ3) is 3.03. The van der Waals surface area contributed by atoms with Crippen LogP contribution in [0.4, 0.5) is 5.69 Å². The predicted octanol–water partition coefficient (Wildman–Crippen LogP) is 1.47. The topological polar surface area (TPSA) is 82.7 Å². The normalized spacial score (nSPS) is 14.2. The minimum absolute atomic E-state index is 0.0448. The van der Waals surface area contributed by atoms with Crippen molar-refractivity contribution >= 4 is 11.6 Å². The van der Waals surface area contributed by atoms with Crippen LogP contribution in [-0.4, -0.2) is 33.7 Å². The SMILES string of the molecule is Cc1nc(-c2ccccc2NC(=O)CNC2CC2)n[nH]1. The molecule has 104 valence electrons. The van der Waals surface area contributed by atoms with E-state index in [0.29, 0.717) is 18.4 Å². The number of aromatic amines is 1. The van der Waals surface area contributed by atoms with Gasteiger partial charge in [-0.1, -0.05) is 12.1 Å². The Morgan fingerprint density at radius 3 is 2.90 bits per heavy atom. The molecule has 0 aliphatic heterocycles. The van der Waals surface area contributed by atoms with Gasteiger partial charge in [0.05, 0.1) is 12.2 Å². The Kier molecular flexibility index (Phi) is 3.47. The molecule has 0 radical (unpaired) electrons. The number of para-hydroxylation sites is 1. The largest absolute Gasteiger partial charge is 0.324 e. The third-order valence-electron chi connectivity index (χ3n) is 3.17. The number of hydrogen-bond acceptors (Lipinski definition) is 4. The van der Waals surface area contributed by atoms with Gasteiger partial charge >= 0.3 is 0 Å². The zero-order chi connectivity index (χ0) is 13.9. The van der Waals surface area contributed by atoms with Gasteiger partial charge in [0, 0.05) is 11.6 Å². The van der Waals surface area contributed by atoms with Crippen molar-refractivity contribution in [3.8, 4) is 11.4 Å². The lowest BCUT2D eigenvalue weighted by atomic mass is 10.1. The van der Waals surface area contributed by atoms with E-state index in [4.69, 9.17) is 0 Å². The summed E-state index contributed by atoms with van der Waals surface area (Å²) in [6.45, 7) is 2.18. The number of aromatic nitrogens is 3. The first kappa shape index (κ1) is 12.8. The van der Waals surface area contributed by atoms with Gasteiger partial charge in [0.15, 0.2) is 5.82 Å². The number of benzene rings is 1. The van der Waals surface area contributed by atoms with Gasteiger partial charge < -0.3 is 10.6 Å². The maximum absolute atomic E-state index is 11.9. The van der Waals surface area contributed by atoms with Crippen LogP contribution in [0.15, 0.2) is 24.3 Å².